The predicted octanol–water partition coefficient (Wildman–Crippen LogP) is 3.68. The molecule has 0 aromatic heterocycles. The minimum atomic E-state index is -0.841. The van der Waals surface area contributed by atoms with E-state index in [4.69, 9.17) is 9.47 Å². The number of hydrogen-bond donors (Lipinski definition) is 1. The monoisotopic (exact) mass is 314 g/mol. The number of aliphatic carboxylic acids is 1. The van der Waals surface area contributed by atoms with Crippen molar-refractivity contribution in [2.45, 2.75) is 25.7 Å². The molecule has 4 heteroatoms. The molecule has 0 aliphatic carbocycles. The van der Waals surface area contributed by atoms with E-state index in [0.29, 0.717) is 12.2 Å². The molecule has 0 saturated carbocycles. The van der Waals surface area contributed by atoms with Crippen molar-refractivity contribution in [1.82, 2.24) is 0 Å². The summed E-state index contributed by atoms with van der Waals surface area (Å²) in [4.78, 5) is 11.7. The van der Waals surface area contributed by atoms with Gasteiger partial charge in [-0.05, 0) is 47.7 Å². The molecular weight excluding hydrogens is 292 g/mol. The second kappa shape index (κ2) is 7.68. The van der Waals surface area contributed by atoms with Gasteiger partial charge in [-0.2, -0.15) is 0 Å². The summed E-state index contributed by atoms with van der Waals surface area (Å²) in [6.07, 6.45) is 1.27. The van der Waals surface area contributed by atoms with E-state index in [9.17, 15) is 9.90 Å². The van der Waals surface area contributed by atoms with Gasteiger partial charge in [-0.1, -0.05) is 31.2 Å². The maximum atomic E-state index is 11.7. The first-order valence-electron chi connectivity index (χ1n) is 7.61. The molecule has 1 atom stereocenters. The molecule has 0 aliphatic rings. The molecule has 2 aromatic carbocycles. The maximum Gasteiger partial charge on any atom is 0.311 e. The standard InChI is InChI=1S/C19H22O4/c1-4-14-10-13(8-9-18(14)23-3)11-17(19(20)21)15-6-5-7-16(12-15)22-2/h5-10,12,17H,4,11H2,1-3H3,(H,20,21). The van der Waals surface area contributed by atoms with Gasteiger partial charge >= 0.3 is 5.97 Å². The van der Waals surface area contributed by atoms with E-state index in [2.05, 4.69) is 6.92 Å². The first-order chi connectivity index (χ1) is 11.1. The van der Waals surface area contributed by atoms with Crippen LogP contribution < -0.4 is 9.47 Å². The Labute approximate surface area is 136 Å². The number of carboxylic acid groups (broad SMARTS) is 1. The summed E-state index contributed by atoms with van der Waals surface area (Å²) in [5.74, 6) is 0.0533. The molecule has 0 radical (unpaired) electrons. The summed E-state index contributed by atoms with van der Waals surface area (Å²) in [5, 5.41) is 9.61. The Hall–Kier alpha value is -2.49. The molecule has 0 aliphatic heterocycles. The van der Waals surface area contributed by atoms with Crippen molar-refractivity contribution >= 4 is 5.97 Å². The molecular formula is C19H22O4. The third kappa shape index (κ3) is 4.03. The van der Waals surface area contributed by atoms with Crippen LogP contribution in [0.1, 0.15) is 29.5 Å². The van der Waals surface area contributed by atoms with Crippen LogP contribution in [0.15, 0.2) is 42.5 Å². The van der Waals surface area contributed by atoms with Crippen molar-refractivity contribution in [3.05, 3.63) is 59.2 Å². The average molecular weight is 314 g/mol. The third-order valence-electron chi connectivity index (χ3n) is 3.96. The van der Waals surface area contributed by atoms with Gasteiger partial charge in [0.2, 0.25) is 0 Å². The van der Waals surface area contributed by atoms with Gasteiger partial charge in [-0.3, -0.25) is 4.79 Å². The molecule has 1 unspecified atom stereocenters. The van der Waals surface area contributed by atoms with Gasteiger partial charge in [0.15, 0.2) is 0 Å². The summed E-state index contributed by atoms with van der Waals surface area (Å²) < 4.78 is 10.5. The highest BCUT2D eigenvalue weighted by Crippen LogP contribution is 2.27. The van der Waals surface area contributed by atoms with Crippen molar-refractivity contribution in [2.75, 3.05) is 14.2 Å². The van der Waals surface area contributed by atoms with E-state index < -0.39 is 11.9 Å². The van der Waals surface area contributed by atoms with Crippen LogP contribution in [0, 0.1) is 0 Å². The molecule has 4 nitrogen and oxygen atoms in total. The number of aryl methyl sites for hydroxylation is 1. The number of benzene rings is 2. The number of carbonyl (C=O) groups is 1. The molecule has 0 heterocycles. The number of carboxylic acids is 1. The van der Waals surface area contributed by atoms with E-state index in [1.807, 2.05) is 36.4 Å². The Morgan fingerprint density at radius 3 is 2.52 bits per heavy atom. The predicted molar refractivity (Wildman–Crippen MR) is 89.4 cm³/mol. The molecule has 0 saturated heterocycles. The molecule has 122 valence electrons. The Kier molecular flexibility index (Phi) is 5.63. The minimum absolute atomic E-state index is 0.430. The van der Waals surface area contributed by atoms with Gasteiger partial charge in [-0.15, -0.1) is 0 Å². The van der Waals surface area contributed by atoms with E-state index in [1.165, 1.54) is 0 Å². The van der Waals surface area contributed by atoms with Gasteiger partial charge in [0, 0.05) is 0 Å². The first kappa shape index (κ1) is 16.9. The minimum Gasteiger partial charge on any atom is -0.497 e. The fourth-order valence-electron chi connectivity index (χ4n) is 2.68. The Morgan fingerprint density at radius 1 is 1.13 bits per heavy atom. The lowest BCUT2D eigenvalue weighted by atomic mass is 9.91. The van der Waals surface area contributed by atoms with Crippen LogP contribution in [0.4, 0.5) is 0 Å². The van der Waals surface area contributed by atoms with Crippen LogP contribution in [0.5, 0.6) is 11.5 Å². The zero-order chi connectivity index (χ0) is 16.8. The lowest BCUT2D eigenvalue weighted by Crippen LogP contribution is -2.14. The summed E-state index contributed by atoms with van der Waals surface area (Å²) in [6.45, 7) is 2.05. The zero-order valence-electron chi connectivity index (χ0n) is 13.7. The molecule has 0 fully saturated rings. The second-order valence-corrected chi connectivity index (χ2v) is 5.37. The summed E-state index contributed by atoms with van der Waals surface area (Å²) in [6, 6.07) is 13.1. The van der Waals surface area contributed by atoms with E-state index >= 15 is 0 Å². The molecule has 0 bridgehead atoms. The van der Waals surface area contributed by atoms with Gasteiger partial charge in [0.25, 0.3) is 0 Å². The smallest absolute Gasteiger partial charge is 0.311 e. The van der Waals surface area contributed by atoms with E-state index in [-0.39, 0.29) is 0 Å². The van der Waals surface area contributed by atoms with Crippen molar-refractivity contribution in [3.8, 4) is 11.5 Å². The summed E-state index contributed by atoms with van der Waals surface area (Å²) in [7, 11) is 3.22. The molecule has 0 amide bonds. The van der Waals surface area contributed by atoms with Crippen LogP contribution in [-0.4, -0.2) is 25.3 Å². The Morgan fingerprint density at radius 2 is 1.91 bits per heavy atom. The van der Waals surface area contributed by atoms with E-state index in [0.717, 1.165) is 28.9 Å². The molecule has 23 heavy (non-hydrogen) atoms. The third-order valence-corrected chi connectivity index (χ3v) is 3.96. The van der Waals surface area contributed by atoms with E-state index in [1.54, 1.807) is 20.3 Å². The van der Waals surface area contributed by atoms with Crippen LogP contribution >= 0.6 is 0 Å². The van der Waals surface area contributed by atoms with Crippen molar-refractivity contribution in [3.63, 3.8) is 0 Å². The van der Waals surface area contributed by atoms with Crippen LogP contribution in [-0.2, 0) is 17.6 Å². The molecule has 2 rings (SSSR count). The Balaban J connectivity index is 2.31. The summed E-state index contributed by atoms with van der Waals surface area (Å²) in [5.41, 5.74) is 2.81. The zero-order valence-corrected chi connectivity index (χ0v) is 13.7. The normalized spacial score (nSPS) is 11.8. The first-order valence-corrected chi connectivity index (χ1v) is 7.61. The van der Waals surface area contributed by atoms with Gasteiger partial charge < -0.3 is 14.6 Å². The van der Waals surface area contributed by atoms with Gasteiger partial charge in [0.1, 0.15) is 11.5 Å². The second-order valence-electron chi connectivity index (χ2n) is 5.37. The Bertz CT molecular complexity index is 679. The van der Waals surface area contributed by atoms with Crippen LogP contribution in [0.25, 0.3) is 0 Å². The number of ether oxygens (including phenoxy) is 2. The highest BCUT2D eigenvalue weighted by Gasteiger charge is 2.21. The number of methoxy groups -OCH3 is 2. The van der Waals surface area contributed by atoms with Crippen LogP contribution in [0.2, 0.25) is 0 Å². The van der Waals surface area contributed by atoms with Crippen molar-refractivity contribution < 1.29 is 19.4 Å². The average Bonchev–Trinajstić information content (AvgIpc) is 2.59. The van der Waals surface area contributed by atoms with Gasteiger partial charge in [0.05, 0.1) is 20.1 Å². The largest absolute Gasteiger partial charge is 0.497 e. The van der Waals surface area contributed by atoms with Gasteiger partial charge in [-0.25, -0.2) is 0 Å². The quantitative estimate of drug-likeness (QED) is 0.847. The van der Waals surface area contributed by atoms with Crippen molar-refractivity contribution in [2.24, 2.45) is 0 Å². The fraction of sp³-hybridized carbons (Fsp3) is 0.316. The topological polar surface area (TPSA) is 55.8 Å². The molecule has 1 N–H and O–H groups in total. The van der Waals surface area contributed by atoms with Crippen LogP contribution in [0.3, 0.4) is 0 Å². The highest BCUT2D eigenvalue weighted by atomic mass is 16.5. The lowest BCUT2D eigenvalue weighted by molar-refractivity contribution is -0.138. The highest BCUT2D eigenvalue weighted by molar-refractivity contribution is 5.76. The SMILES string of the molecule is CCc1cc(CC(C(=O)O)c2cccc(OC)c2)ccc1OC. The van der Waals surface area contributed by atoms with Crippen molar-refractivity contribution in [1.29, 1.82) is 0 Å². The molecule has 0 spiro atoms. The molecule has 2 aromatic rings. The number of hydrogen-bond acceptors (Lipinski definition) is 3. The lowest BCUT2D eigenvalue weighted by Gasteiger charge is -2.15. The fourth-order valence-corrected chi connectivity index (χ4v) is 2.68. The number of rotatable bonds is 7. The summed E-state index contributed by atoms with van der Waals surface area (Å²) >= 11 is 0. The maximum absolute atomic E-state index is 11.7.